The molecule has 1 atom stereocenters. The van der Waals surface area contributed by atoms with Gasteiger partial charge in [-0.15, -0.1) is 11.3 Å². The van der Waals surface area contributed by atoms with Gasteiger partial charge in [0, 0.05) is 11.4 Å². The van der Waals surface area contributed by atoms with Gasteiger partial charge in [0.05, 0.1) is 12.8 Å². The minimum absolute atomic E-state index is 0.202. The highest BCUT2D eigenvalue weighted by Gasteiger charge is 2.36. The molecule has 1 aromatic rings. The first kappa shape index (κ1) is 13.5. The lowest BCUT2D eigenvalue weighted by atomic mass is 10.2. The fourth-order valence-electron chi connectivity index (χ4n) is 2.10. The molecule has 1 fully saturated rings. The van der Waals surface area contributed by atoms with Crippen LogP contribution in [0.15, 0.2) is 17.5 Å². The number of sulfonamides is 1. The zero-order chi connectivity index (χ0) is 13.2. The molecule has 2 heterocycles. The minimum Gasteiger partial charge on any atom is -0.350 e. The second-order valence-corrected chi connectivity index (χ2v) is 7.30. The Balaban J connectivity index is 1.96. The van der Waals surface area contributed by atoms with E-state index in [4.69, 9.17) is 0 Å². The summed E-state index contributed by atoms with van der Waals surface area (Å²) in [6, 6.07) is 3.32. The highest BCUT2D eigenvalue weighted by atomic mass is 32.2. The highest BCUT2D eigenvalue weighted by molar-refractivity contribution is 7.88. The van der Waals surface area contributed by atoms with Gasteiger partial charge in [0.1, 0.15) is 6.04 Å². The van der Waals surface area contributed by atoms with Crippen LogP contribution in [-0.4, -0.2) is 37.5 Å². The molecule has 1 aliphatic rings. The summed E-state index contributed by atoms with van der Waals surface area (Å²) >= 11 is 1.57. The average Bonchev–Trinajstić information content (AvgIpc) is 2.95. The molecule has 0 saturated carbocycles. The van der Waals surface area contributed by atoms with Crippen molar-refractivity contribution < 1.29 is 13.2 Å². The van der Waals surface area contributed by atoms with Crippen LogP contribution in [0, 0.1) is 0 Å². The quantitative estimate of drug-likeness (QED) is 0.890. The van der Waals surface area contributed by atoms with Crippen molar-refractivity contribution in [3.63, 3.8) is 0 Å². The molecule has 18 heavy (non-hydrogen) atoms. The van der Waals surface area contributed by atoms with Gasteiger partial charge in [0.2, 0.25) is 15.9 Å². The topological polar surface area (TPSA) is 66.5 Å². The van der Waals surface area contributed by atoms with Crippen LogP contribution in [0.25, 0.3) is 0 Å². The van der Waals surface area contributed by atoms with Crippen LogP contribution in [0.2, 0.25) is 0 Å². The Bertz CT molecular complexity index is 510. The summed E-state index contributed by atoms with van der Waals surface area (Å²) in [6.45, 7) is 0.903. The van der Waals surface area contributed by atoms with E-state index in [2.05, 4.69) is 5.32 Å². The van der Waals surface area contributed by atoms with Crippen LogP contribution in [0.3, 0.4) is 0 Å². The number of thiophene rings is 1. The predicted octanol–water partition coefficient (Wildman–Crippen LogP) is 0.788. The molecule has 0 radical (unpaired) electrons. The molecule has 1 N–H and O–H groups in total. The predicted molar refractivity (Wildman–Crippen MR) is 70.7 cm³/mol. The maximum atomic E-state index is 12.0. The third kappa shape index (κ3) is 3.09. The number of rotatable bonds is 4. The molecule has 100 valence electrons. The molecule has 1 aromatic heterocycles. The lowest BCUT2D eigenvalue weighted by molar-refractivity contribution is -0.124. The summed E-state index contributed by atoms with van der Waals surface area (Å²) in [6.07, 6.45) is 2.49. The Hall–Kier alpha value is -0.920. The van der Waals surface area contributed by atoms with E-state index >= 15 is 0 Å². The molecule has 0 bridgehead atoms. The molecule has 7 heteroatoms. The van der Waals surface area contributed by atoms with Crippen molar-refractivity contribution in [1.82, 2.24) is 9.62 Å². The summed E-state index contributed by atoms with van der Waals surface area (Å²) < 4.78 is 24.3. The van der Waals surface area contributed by atoms with Crippen molar-refractivity contribution in [2.75, 3.05) is 12.8 Å². The third-order valence-corrected chi connectivity index (χ3v) is 5.11. The lowest BCUT2D eigenvalue weighted by Crippen LogP contribution is -2.45. The monoisotopic (exact) mass is 288 g/mol. The lowest BCUT2D eigenvalue weighted by Gasteiger charge is -2.21. The van der Waals surface area contributed by atoms with Crippen molar-refractivity contribution in [2.24, 2.45) is 0 Å². The first-order valence-electron chi connectivity index (χ1n) is 5.75. The normalized spacial score (nSPS) is 21.1. The Labute approximate surface area is 111 Å². The summed E-state index contributed by atoms with van der Waals surface area (Å²) in [5.41, 5.74) is 0. The van der Waals surface area contributed by atoms with E-state index in [1.54, 1.807) is 11.3 Å². The zero-order valence-electron chi connectivity index (χ0n) is 10.1. The maximum Gasteiger partial charge on any atom is 0.238 e. The van der Waals surface area contributed by atoms with Crippen molar-refractivity contribution >= 4 is 27.3 Å². The molecule has 1 aliphatic heterocycles. The Morgan fingerprint density at radius 1 is 1.61 bits per heavy atom. The summed E-state index contributed by atoms with van der Waals surface area (Å²) in [5, 5.41) is 4.74. The third-order valence-electron chi connectivity index (χ3n) is 2.95. The SMILES string of the molecule is CS(=O)(=O)N1CCC[C@H]1C(=O)NCc1cccs1. The van der Waals surface area contributed by atoms with Gasteiger partial charge in [-0.2, -0.15) is 4.31 Å². The van der Waals surface area contributed by atoms with Crippen LogP contribution in [0.4, 0.5) is 0 Å². The van der Waals surface area contributed by atoms with Crippen LogP contribution >= 0.6 is 11.3 Å². The Morgan fingerprint density at radius 3 is 3.00 bits per heavy atom. The van der Waals surface area contributed by atoms with Gasteiger partial charge in [-0.25, -0.2) is 8.42 Å². The molecular formula is C11H16N2O3S2. The van der Waals surface area contributed by atoms with Crippen LogP contribution in [-0.2, 0) is 21.4 Å². The fourth-order valence-corrected chi connectivity index (χ4v) is 3.87. The molecule has 2 rings (SSSR count). The van der Waals surface area contributed by atoms with E-state index in [0.717, 1.165) is 17.6 Å². The smallest absolute Gasteiger partial charge is 0.238 e. The molecular weight excluding hydrogens is 272 g/mol. The maximum absolute atomic E-state index is 12.0. The van der Waals surface area contributed by atoms with Gasteiger partial charge in [-0.1, -0.05) is 6.07 Å². The molecule has 0 aliphatic carbocycles. The summed E-state index contributed by atoms with van der Waals surface area (Å²) in [5.74, 6) is -0.202. The molecule has 1 amide bonds. The van der Waals surface area contributed by atoms with Gasteiger partial charge in [0.25, 0.3) is 0 Å². The number of carbonyl (C=O) groups excluding carboxylic acids is 1. The number of hydrogen-bond donors (Lipinski definition) is 1. The van der Waals surface area contributed by atoms with E-state index in [-0.39, 0.29) is 5.91 Å². The standard InChI is InChI=1S/C11H16N2O3S2/c1-18(15,16)13-6-2-5-10(13)11(14)12-8-9-4-3-7-17-9/h3-4,7,10H,2,5-6,8H2,1H3,(H,12,14)/t10-/m0/s1. The number of hydrogen-bond acceptors (Lipinski definition) is 4. The van der Waals surface area contributed by atoms with Gasteiger partial charge in [-0.05, 0) is 24.3 Å². The van der Waals surface area contributed by atoms with E-state index in [0.29, 0.717) is 19.5 Å². The number of nitrogens with one attached hydrogen (secondary N) is 1. The van der Waals surface area contributed by atoms with Gasteiger partial charge >= 0.3 is 0 Å². The molecule has 0 spiro atoms. The minimum atomic E-state index is -3.29. The average molecular weight is 288 g/mol. The van der Waals surface area contributed by atoms with Crippen LogP contribution in [0.5, 0.6) is 0 Å². The van der Waals surface area contributed by atoms with E-state index < -0.39 is 16.1 Å². The van der Waals surface area contributed by atoms with Crippen molar-refractivity contribution in [3.05, 3.63) is 22.4 Å². The number of carbonyl (C=O) groups is 1. The number of amides is 1. The summed E-state index contributed by atoms with van der Waals surface area (Å²) in [4.78, 5) is 13.0. The van der Waals surface area contributed by atoms with Crippen LogP contribution < -0.4 is 5.32 Å². The number of nitrogens with zero attached hydrogens (tertiary/aromatic N) is 1. The largest absolute Gasteiger partial charge is 0.350 e. The van der Waals surface area contributed by atoms with E-state index in [1.807, 2.05) is 17.5 Å². The van der Waals surface area contributed by atoms with Crippen molar-refractivity contribution in [3.8, 4) is 0 Å². The van der Waals surface area contributed by atoms with E-state index in [9.17, 15) is 13.2 Å². The molecule has 0 aromatic carbocycles. The fraction of sp³-hybridized carbons (Fsp3) is 0.545. The van der Waals surface area contributed by atoms with Gasteiger partial charge < -0.3 is 5.32 Å². The first-order chi connectivity index (χ1) is 8.48. The first-order valence-corrected chi connectivity index (χ1v) is 8.48. The molecule has 0 unspecified atom stereocenters. The van der Waals surface area contributed by atoms with E-state index in [1.165, 1.54) is 4.31 Å². The molecule has 5 nitrogen and oxygen atoms in total. The Morgan fingerprint density at radius 2 is 2.39 bits per heavy atom. The van der Waals surface area contributed by atoms with Gasteiger partial charge in [-0.3, -0.25) is 4.79 Å². The van der Waals surface area contributed by atoms with Gasteiger partial charge in [0.15, 0.2) is 0 Å². The second kappa shape index (κ2) is 5.38. The highest BCUT2D eigenvalue weighted by Crippen LogP contribution is 2.20. The van der Waals surface area contributed by atoms with Crippen molar-refractivity contribution in [1.29, 1.82) is 0 Å². The summed E-state index contributed by atoms with van der Waals surface area (Å²) in [7, 11) is -3.29. The van der Waals surface area contributed by atoms with Crippen molar-refractivity contribution in [2.45, 2.75) is 25.4 Å². The zero-order valence-corrected chi connectivity index (χ0v) is 11.8. The Kier molecular flexibility index (Phi) is 4.04. The van der Waals surface area contributed by atoms with Crippen LogP contribution in [0.1, 0.15) is 17.7 Å². The second-order valence-electron chi connectivity index (χ2n) is 4.33. The molecule has 1 saturated heterocycles.